The summed E-state index contributed by atoms with van der Waals surface area (Å²) in [6, 6.07) is 7.56. The number of hydrogen-bond acceptors (Lipinski definition) is 3. The van der Waals surface area contributed by atoms with E-state index in [1.54, 1.807) is 12.1 Å². The Morgan fingerprint density at radius 3 is 2.42 bits per heavy atom. The van der Waals surface area contributed by atoms with Crippen LogP contribution in [0, 0.1) is 0 Å². The lowest BCUT2D eigenvalue weighted by Gasteiger charge is -2.18. The summed E-state index contributed by atoms with van der Waals surface area (Å²) in [4.78, 5) is 12.3. The first kappa shape index (κ1) is 18.7. The highest BCUT2D eigenvalue weighted by Gasteiger charge is 2.15. The van der Waals surface area contributed by atoms with Crippen molar-refractivity contribution in [2.75, 3.05) is 0 Å². The normalized spacial score (nSPS) is 16.8. The van der Waals surface area contributed by atoms with Gasteiger partial charge in [0.15, 0.2) is 5.11 Å². The number of rotatable bonds is 5. The minimum atomic E-state index is -0.184. The molecule has 1 aliphatic carbocycles. The number of ether oxygens (including phenoxy) is 1. The molecule has 0 aromatic heterocycles. The molecule has 0 aliphatic heterocycles. The van der Waals surface area contributed by atoms with Crippen molar-refractivity contribution in [1.29, 1.82) is 0 Å². The lowest BCUT2D eigenvalue weighted by molar-refractivity contribution is 0.0976. The predicted molar refractivity (Wildman–Crippen MR) is 102 cm³/mol. The van der Waals surface area contributed by atoms with Crippen LogP contribution < -0.4 is 15.4 Å². The van der Waals surface area contributed by atoms with E-state index in [9.17, 15) is 4.79 Å². The average Bonchev–Trinajstić information content (AvgIpc) is 2.83. The van der Waals surface area contributed by atoms with Crippen LogP contribution in [-0.2, 0) is 0 Å². The van der Waals surface area contributed by atoms with Crippen LogP contribution in [0.15, 0.2) is 24.3 Å². The van der Waals surface area contributed by atoms with Crippen molar-refractivity contribution in [2.24, 2.45) is 0 Å². The Balaban J connectivity index is 1.83. The molecule has 24 heavy (non-hydrogen) atoms. The third kappa shape index (κ3) is 6.11. The van der Waals surface area contributed by atoms with Gasteiger partial charge < -0.3 is 10.1 Å². The van der Waals surface area contributed by atoms with Crippen LogP contribution in [0.1, 0.15) is 69.2 Å². The van der Waals surface area contributed by atoms with Gasteiger partial charge in [-0.2, -0.15) is 0 Å². The second-order valence-corrected chi connectivity index (χ2v) is 6.89. The molecule has 1 saturated carbocycles. The summed E-state index contributed by atoms with van der Waals surface area (Å²) in [7, 11) is 0. The van der Waals surface area contributed by atoms with E-state index in [0.29, 0.717) is 16.7 Å². The van der Waals surface area contributed by atoms with Gasteiger partial charge in [-0.15, -0.1) is 0 Å². The second-order valence-electron chi connectivity index (χ2n) is 6.48. The maximum absolute atomic E-state index is 12.3. The summed E-state index contributed by atoms with van der Waals surface area (Å²) in [6.45, 7) is 4.10. The monoisotopic (exact) mass is 348 g/mol. The fraction of sp³-hybridized carbons (Fsp3) is 0.579. The molecule has 1 aromatic carbocycles. The zero-order chi connectivity index (χ0) is 17.4. The largest absolute Gasteiger partial charge is 0.491 e. The van der Waals surface area contributed by atoms with Gasteiger partial charge >= 0.3 is 0 Å². The molecule has 0 bridgehead atoms. The molecule has 1 aromatic rings. The smallest absolute Gasteiger partial charge is 0.257 e. The van der Waals surface area contributed by atoms with Crippen molar-refractivity contribution in [3.8, 4) is 5.75 Å². The van der Waals surface area contributed by atoms with E-state index in [-0.39, 0.29) is 12.0 Å². The molecule has 0 heterocycles. The van der Waals surface area contributed by atoms with Crippen molar-refractivity contribution >= 4 is 23.2 Å². The Labute approximate surface area is 150 Å². The van der Waals surface area contributed by atoms with Gasteiger partial charge in [0.2, 0.25) is 0 Å². The van der Waals surface area contributed by atoms with Crippen LogP contribution in [0.5, 0.6) is 5.75 Å². The lowest BCUT2D eigenvalue weighted by Crippen LogP contribution is -2.44. The molecule has 132 valence electrons. The van der Waals surface area contributed by atoms with Gasteiger partial charge in [0.05, 0.1) is 6.10 Å². The predicted octanol–water partition coefficient (Wildman–Crippen LogP) is 4.19. The molecule has 1 atom stereocenters. The standard InChI is InChI=1S/C19H28N2O2S/c1-3-14(2)23-17-12-10-15(11-13-17)18(22)21-19(24)20-16-8-6-4-5-7-9-16/h10-14,16H,3-9H2,1-2H3,(H2,20,21,22,24). The molecule has 1 aliphatic rings. The minimum absolute atomic E-state index is 0.168. The van der Waals surface area contributed by atoms with Crippen molar-refractivity contribution in [3.63, 3.8) is 0 Å². The Hall–Kier alpha value is -1.62. The Morgan fingerprint density at radius 1 is 1.21 bits per heavy atom. The third-order valence-electron chi connectivity index (χ3n) is 4.45. The van der Waals surface area contributed by atoms with E-state index >= 15 is 0 Å². The van der Waals surface area contributed by atoms with Crippen molar-refractivity contribution in [3.05, 3.63) is 29.8 Å². The van der Waals surface area contributed by atoms with Gasteiger partial charge in [-0.1, -0.05) is 32.6 Å². The molecule has 5 heteroatoms. The molecule has 0 saturated heterocycles. The number of amides is 1. The number of thiocarbonyl (C=S) groups is 1. The molecular formula is C19H28N2O2S. The number of hydrogen-bond donors (Lipinski definition) is 2. The summed E-state index contributed by atoms with van der Waals surface area (Å²) < 4.78 is 5.72. The Kier molecular flexibility index (Phi) is 7.50. The molecular weight excluding hydrogens is 320 g/mol. The van der Waals surface area contributed by atoms with Crippen LogP contribution in [0.25, 0.3) is 0 Å². The topological polar surface area (TPSA) is 50.4 Å². The molecule has 0 radical (unpaired) electrons. The molecule has 2 rings (SSSR count). The summed E-state index contributed by atoms with van der Waals surface area (Å²) in [6.07, 6.45) is 8.40. The van der Waals surface area contributed by atoms with Crippen LogP contribution in [0.3, 0.4) is 0 Å². The number of benzene rings is 1. The highest BCUT2D eigenvalue weighted by atomic mass is 32.1. The summed E-state index contributed by atoms with van der Waals surface area (Å²) >= 11 is 5.29. The SMILES string of the molecule is CCC(C)Oc1ccc(C(=O)NC(=S)NC2CCCCCC2)cc1. The maximum Gasteiger partial charge on any atom is 0.257 e. The van der Waals surface area contributed by atoms with Gasteiger partial charge in [0, 0.05) is 11.6 Å². The Morgan fingerprint density at radius 2 is 1.83 bits per heavy atom. The first-order valence-corrected chi connectivity index (χ1v) is 9.38. The average molecular weight is 349 g/mol. The fourth-order valence-corrected chi connectivity index (χ4v) is 3.08. The van der Waals surface area contributed by atoms with Gasteiger partial charge in [0.1, 0.15) is 5.75 Å². The molecule has 1 unspecified atom stereocenters. The van der Waals surface area contributed by atoms with Crippen LogP contribution >= 0.6 is 12.2 Å². The van der Waals surface area contributed by atoms with Gasteiger partial charge in [-0.25, -0.2) is 0 Å². The van der Waals surface area contributed by atoms with E-state index in [4.69, 9.17) is 17.0 Å². The van der Waals surface area contributed by atoms with Crippen LogP contribution in [0.4, 0.5) is 0 Å². The van der Waals surface area contributed by atoms with Crippen molar-refractivity contribution in [1.82, 2.24) is 10.6 Å². The highest BCUT2D eigenvalue weighted by molar-refractivity contribution is 7.80. The first-order valence-electron chi connectivity index (χ1n) is 8.97. The van der Waals surface area contributed by atoms with E-state index in [2.05, 4.69) is 17.6 Å². The number of carbonyl (C=O) groups is 1. The summed E-state index contributed by atoms with van der Waals surface area (Å²) in [5, 5.41) is 6.48. The fourth-order valence-electron chi connectivity index (χ4n) is 2.82. The zero-order valence-electron chi connectivity index (χ0n) is 14.6. The lowest BCUT2D eigenvalue weighted by atomic mass is 10.1. The molecule has 1 amide bonds. The number of carbonyl (C=O) groups excluding carboxylic acids is 1. The maximum atomic E-state index is 12.3. The zero-order valence-corrected chi connectivity index (χ0v) is 15.5. The molecule has 0 spiro atoms. The summed E-state index contributed by atoms with van der Waals surface area (Å²) in [5.74, 6) is 0.594. The quantitative estimate of drug-likeness (QED) is 0.619. The highest BCUT2D eigenvalue weighted by Crippen LogP contribution is 2.17. The number of nitrogens with one attached hydrogen (secondary N) is 2. The van der Waals surface area contributed by atoms with E-state index in [1.807, 2.05) is 19.1 Å². The molecule has 1 fully saturated rings. The van der Waals surface area contributed by atoms with Crippen LogP contribution in [0.2, 0.25) is 0 Å². The molecule has 2 N–H and O–H groups in total. The van der Waals surface area contributed by atoms with E-state index < -0.39 is 0 Å². The van der Waals surface area contributed by atoms with Gasteiger partial charge in [-0.05, 0) is 62.7 Å². The van der Waals surface area contributed by atoms with Gasteiger partial charge in [0.25, 0.3) is 5.91 Å². The third-order valence-corrected chi connectivity index (χ3v) is 4.67. The van der Waals surface area contributed by atoms with Gasteiger partial charge in [-0.3, -0.25) is 10.1 Å². The van der Waals surface area contributed by atoms with Crippen molar-refractivity contribution < 1.29 is 9.53 Å². The second kappa shape index (κ2) is 9.62. The summed E-state index contributed by atoms with van der Waals surface area (Å²) in [5.41, 5.74) is 0.580. The van der Waals surface area contributed by atoms with E-state index in [0.717, 1.165) is 25.0 Å². The first-order chi connectivity index (χ1) is 11.6. The molecule has 4 nitrogen and oxygen atoms in total. The van der Waals surface area contributed by atoms with Crippen molar-refractivity contribution in [2.45, 2.75) is 70.9 Å². The minimum Gasteiger partial charge on any atom is -0.491 e. The van der Waals surface area contributed by atoms with Crippen LogP contribution in [-0.4, -0.2) is 23.2 Å². The Bertz CT molecular complexity index is 537. The van der Waals surface area contributed by atoms with E-state index in [1.165, 1.54) is 25.7 Å².